The molecule has 3 aromatic rings. The van der Waals surface area contributed by atoms with Crippen LogP contribution in [0, 0.1) is 0 Å². The van der Waals surface area contributed by atoms with Gasteiger partial charge < -0.3 is 25.4 Å². The summed E-state index contributed by atoms with van der Waals surface area (Å²) in [4.78, 5) is 17.8. The first-order chi connectivity index (χ1) is 15.6. The van der Waals surface area contributed by atoms with Gasteiger partial charge in [0.15, 0.2) is 0 Å². The standard InChI is InChI=1S/C23H29N7O2/c1-3-32-19-9-7-17(8-10-19)25-23-27-21(26-22(24)28-23)16-29-11-13-30(14-12-29)18-5-4-6-20(15-18)31-2/h4-10,15H,3,11-14,16H2,1-2H3,(H3,24,25,26,27,28). The van der Waals surface area contributed by atoms with Crippen molar-refractivity contribution in [2.24, 2.45) is 0 Å². The van der Waals surface area contributed by atoms with Gasteiger partial charge in [-0.3, -0.25) is 4.90 Å². The quantitative estimate of drug-likeness (QED) is 0.553. The number of anilines is 4. The van der Waals surface area contributed by atoms with E-state index in [-0.39, 0.29) is 5.95 Å². The number of nitrogen functional groups attached to an aromatic ring is 1. The van der Waals surface area contributed by atoms with Gasteiger partial charge in [0.25, 0.3) is 0 Å². The number of nitrogens with two attached hydrogens (primary N) is 1. The van der Waals surface area contributed by atoms with Crippen LogP contribution in [0.2, 0.25) is 0 Å². The molecule has 168 valence electrons. The van der Waals surface area contributed by atoms with E-state index in [9.17, 15) is 0 Å². The molecule has 9 heteroatoms. The van der Waals surface area contributed by atoms with Crippen molar-refractivity contribution in [3.63, 3.8) is 0 Å². The molecule has 1 aliphatic heterocycles. The van der Waals surface area contributed by atoms with E-state index in [1.165, 1.54) is 5.69 Å². The Morgan fingerprint density at radius 1 is 0.969 bits per heavy atom. The van der Waals surface area contributed by atoms with Gasteiger partial charge in [-0.2, -0.15) is 15.0 Å². The molecule has 0 bridgehead atoms. The molecule has 1 aromatic heterocycles. The fourth-order valence-corrected chi connectivity index (χ4v) is 3.67. The summed E-state index contributed by atoms with van der Waals surface area (Å²) in [5.41, 5.74) is 7.98. The molecule has 0 radical (unpaired) electrons. The number of nitrogens with zero attached hydrogens (tertiary/aromatic N) is 5. The van der Waals surface area contributed by atoms with Gasteiger partial charge in [-0.1, -0.05) is 6.07 Å². The van der Waals surface area contributed by atoms with E-state index in [1.54, 1.807) is 7.11 Å². The Morgan fingerprint density at radius 2 is 1.75 bits per heavy atom. The summed E-state index contributed by atoms with van der Waals surface area (Å²) in [5, 5.41) is 3.19. The molecule has 1 saturated heterocycles. The molecule has 4 rings (SSSR count). The number of hydrogen-bond donors (Lipinski definition) is 2. The van der Waals surface area contributed by atoms with Crippen molar-refractivity contribution in [3.05, 3.63) is 54.4 Å². The highest BCUT2D eigenvalue weighted by molar-refractivity contribution is 5.55. The maximum atomic E-state index is 5.95. The highest BCUT2D eigenvalue weighted by Crippen LogP contribution is 2.23. The third-order valence-electron chi connectivity index (χ3n) is 5.28. The van der Waals surface area contributed by atoms with Gasteiger partial charge in [0, 0.05) is 43.6 Å². The van der Waals surface area contributed by atoms with Crippen molar-refractivity contribution in [3.8, 4) is 11.5 Å². The average Bonchev–Trinajstić information content (AvgIpc) is 2.81. The van der Waals surface area contributed by atoms with Gasteiger partial charge in [0.05, 0.1) is 20.3 Å². The van der Waals surface area contributed by atoms with Crippen LogP contribution in [-0.4, -0.2) is 59.7 Å². The predicted molar refractivity (Wildman–Crippen MR) is 126 cm³/mol. The number of rotatable bonds is 8. The maximum Gasteiger partial charge on any atom is 0.232 e. The summed E-state index contributed by atoms with van der Waals surface area (Å²) < 4.78 is 10.8. The molecule has 0 aliphatic carbocycles. The number of piperazine rings is 1. The minimum atomic E-state index is 0.207. The van der Waals surface area contributed by atoms with Crippen molar-refractivity contribution in [2.75, 3.05) is 55.8 Å². The third kappa shape index (κ3) is 5.55. The van der Waals surface area contributed by atoms with Crippen molar-refractivity contribution in [2.45, 2.75) is 13.5 Å². The second-order valence-corrected chi connectivity index (χ2v) is 7.48. The molecule has 1 fully saturated rings. The van der Waals surface area contributed by atoms with Gasteiger partial charge in [-0.25, -0.2) is 0 Å². The second-order valence-electron chi connectivity index (χ2n) is 7.48. The van der Waals surface area contributed by atoms with Crippen LogP contribution in [0.15, 0.2) is 48.5 Å². The molecule has 32 heavy (non-hydrogen) atoms. The van der Waals surface area contributed by atoms with Crippen LogP contribution < -0.4 is 25.4 Å². The van der Waals surface area contributed by atoms with Crippen LogP contribution in [-0.2, 0) is 6.54 Å². The maximum absolute atomic E-state index is 5.95. The van der Waals surface area contributed by atoms with Crippen LogP contribution >= 0.6 is 0 Å². The van der Waals surface area contributed by atoms with Crippen LogP contribution in [0.3, 0.4) is 0 Å². The summed E-state index contributed by atoms with van der Waals surface area (Å²) in [5.74, 6) is 2.99. The van der Waals surface area contributed by atoms with Gasteiger partial charge in [0.1, 0.15) is 17.3 Å². The topological polar surface area (TPSA) is 102 Å². The molecule has 0 atom stereocenters. The van der Waals surface area contributed by atoms with E-state index in [4.69, 9.17) is 15.2 Å². The Bertz CT molecular complexity index is 1020. The predicted octanol–water partition coefficient (Wildman–Crippen LogP) is 2.93. The summed E-state index contributed by atoms with van der Waals surface area (Å²) in [6.07, 6.45) is 0. The lowest BCUT2D eigenvalue weighted by molar-refractivity contribution is 0.244. The van der Waals surface area contributed by atoms with Gasteiger partial charge in [0.2, 0.25) is 11.9 Å². The highest BCUT2D eigenvalue weighted by Gasteiger charge is 2.19. The van der Waals surface area contributed by atoms with Crippen LogP contribution in [0.4, 0.5) is 23.3 Å². The zero-order chi connectivity index (χ0) is 22.3. The van der Waals surface area contributed by atoms with Crippen molar-refractivity contribution in [1.29, 1.82) is 0 Å². The minimum Gasteiger partial charge on any atom is -0.497 e. The van der Waals surface area contributed by atoms with Gasteiger partial charge in [-0.15, -0.1) is 0 Å². The van der Waals surface area contributed by atoms with Crippen LogP contribution in [0.1, 0.15) is 12.7 Å². The zero-order valence-corrected chi connectivity index (χ0v) is 18.5. The zero-order valence-electron chi connectivity index (χ0n) is 18.5. The van der Waals surface area contributed by atoms with Crippen molar-refractivity contribution < 1.29 is 9.47 Å². The fourth-order valence-electron chi connectivity index (χ4n) is 3.67. The number of benzene rings is 2. The largest absolute Gasteiger partial charge is 0.497 e. The second kappa shape index (κ2) is 10.1. The smallest absolute Gasteiger partial charge is 0.232 e. The Labute approximate surface area is 188 Å². The molecule has 3 N–H and O–H groups in total. The lowest BCUT2D eigenvalue weighted by Crippen LogP contribution is -2.46. The summed E-state index contributed by atoms with van der Waals surface area (Å²) in [6, 6.07) is 15.8. The first-order valence-electron chi connectivity index (χ1n) is 10.7. The minimum absolute atomic E-state index is 0.207. The van der Waals surface area contributed by atoms with E-state index < -0.39 is 0 Å². The first kappa shape index (κ1) is 21.6. The Balaban J connectivity index is 1.36. The van der Waals surface area contributed by atoms with Gasteiger partial charge in [-0.05, 0) is 43.3 Å². The summed E-state index contributed by atoms with van der Waals surface area (Å²) in [6.45, 7) is 6.87. The van der Waals surface area contributed by atoms with Crippen molar-refractivity contribution >= 4 is 23.3 Å². The number of nitrogens with one attached hydrogen (secondary N) is 1. The Hall–Kier alpha value is -3.59. The molecular weight excluding hydrogens is 406 g/mol. The van der Waals surface area contributed by atoms with E-state index >= 15 is 0 Å². The Morgan fingerprint density at radius 3 is 2.47 bits per heavy atom. The highest BCUT2D eigenvalue weighted by atomic mass is 16.5. The number of methoxy groups -OCH3 is 1. The summed E-state index contributed by atoms with van der Waals surface area (Å²) in [7, 11) is 1.69. The van der Waals surface area contributed by atoms with Gasteiger partial charge >= 0.3 is 0 Å². The first-order valence-corrected chi connectivity index (χ1v) is 10.7. The lowest BCUT2D eigenvalue weighted by Gasteiger charge is -2.35. The molecule has 9 nitrogen and oxygen atoms in total. The molecule has 0 spiro atoms. The van der Waals surface area contributed by atoms with Crippen LogP contribution in [0.5, 0.6) is 11.5 Å². The molecule has 2 aromatic carbocycles. The lowest BCUT2D eigenvalue weighted by atomic mass is 10.2. The summed E-state index contributed by atoms with van der Waals surface area (Å²) >= 11 is 0. The van der Waals surface area contributed by atoms with E-state index in [1.807, 2.05) is 43.3 Å². The molecule has 2 heterocycles. The molecular formula is C23H29N7O2. The molecule has 1 aliphatic rings. The monoisotopic (exact) mass is 435 g/mol. The fraction of sp³-hybridized carbons (Fsp3) is 0.348. The van der Waals surface area contributed by atoms with Crippen LogP contribution in [0.25, 0.3) is 0 Å². The van der Waals surface area contributed by atoms with E-state index in [0.29, 0.717) is 24.9 Å². The van der Waals surface area contributed by atoms with E-state index in [2.05, 4.69) is 42.2 Å². The number of ether oxygens (including phenoxy) is 2. The number of hydrogen-bond acceptors (Lipinski definition) is 9. The van der Waals surface area contributed by atoms with Crippen molar-refractivity contribution in [1.82, 2.24) is 19.9 Å². The van der Waals surface area contributed by atoms with E-state index in [0.717, 1.165) is 43.4 Å². The molecule has 0 unspecified atom stereocenters. The Kier molecular flexibility index (Phi) is 6.86. The average molecular weight is 436 g/mol. The molecule has 0 saturated carbocycles. The SMILES string of the molecule is CCOc1ccc(Nc2nc(N)nc(CN3CCN(c4cccc(OC)c4)CC3)n2)cc1. The third-order valence-corrected chi connectivity index (χ3v) is 5.28. The number of aromatic nitrogens is 3. The normalized spacial score (nSPS) is 14.2. The molecule has 0 amide bonds.